The Balaban J connectivity index is 2.16. The predicted octanol–water partition coefficient (Wildman–Crippen LogP) is 1.04. The first-order chi connectivity index (χ1) is 9.02. The van der Waals surface area contributed by atoms with E-state index in [4.69, 9.17) is 10.5 Å². The summed E-state index contributed by atoms with van der Waals surface area (Å²) in [5.74, 6) is -0.179. The van der Waals surface area contributed by atoms with Crippen molar-refractivity contribution < 1.29 is 14.5 Å². The first kappa shape index (κ1) is 13.3. The molecule has 1 saturated heterocycles. The van der Waals surface area contributed by atoms with Gasteiger partial charge in [0.2, 0.25) is 0 Å². The van der Waals surface area contributed by atoms with Gasteiger partial charge in [0.25, 0.3) is 11.6 Å². The van der Waals surface area contributed by atoms with Crippen molar-refractivity contribution in [3.05, 3.63) is 33.9 Å². The number of hydrogen-bond acceptors (Lipinski definition) is 5. The lowest BCUT2D eigenvalue weighted by molar-refractivity contribution is -0.383. The van der Waals surface area contributed by atoms with Crippen LogP contribution < -0.4 is 5.73 Å². The summed E-state index contributed by atoms with van der Waals surface area (Å²) in [6, 6.07) is 4.03. The molecule has 7 heteroatoms. The number of carbonyl (C=O) groups is 1. The van der Waals surface area contributed by atoms with Crippen LogP contribution in [-0.4, -0.2) is 42.0 Å². The minimum Gasteiger partial charge on any atom is -0.393 e. The second-order valence-electron chi connectivity index (χ2n) is 4.43. The Bertz CT molecular complexity index is 518. The van der Waals surface area contributed by atoms with E-state index in [1.54, 1.807) is 12.0 Å². The Morgan fingerprint density at radius 3 is 2.84 bits per heavy atom. The van der Waals surface area contributed by atoms with E-state index in [0.29, 0.717) is 18.7 Å². The van der Waals surface area contributed by atoms with Gasteiger partial charge in [-0.25, -0.2) is 0 Å². The van der Waals surface area contributed by atoms with E-state index in [1.807, 2.05) is 0 Å². The molecule has 0 saturated carbocycles. The summed E-state index contributed by atoms with van der Waals surface area (Å²) in [6.07, 6.45) is 0.851. The van der Waals surface area contributed by atoms with Gasteiger partial charge in [0, 0.05) is 31.8 Å². The van der Waals surface area contributed by atoms with Crippen molar-refractivity contribution >= 4 is 17.3 Å². The predicted molar refractivity (Wildman–Crippen MR) is 68.8 cm³/mol. The van der Waals surface area contributed by atoms with Gasteiger partial charge in [-0.1, -0.05) is 0 Å². The molecule has 1 aromatic carbocycles. The van der Waals surface area contributed by atoms with Crippen molar-refractivity contribution in [3.63, 3.8) is 0 Å². The van der Waals surface area contributed by atoms with Gasteiger partial charge in [-0.05, 0) is 18.6 Å². The molecule has 1 unspecified atom stereocenters. The molecule has 0 radical (unpaired) electrons. The lowest BCUT2D eigenvalue weighted by atomic mass is 10.1. The van der Waals surface area contributed by atoms with Crippen LogP contribution in [-0.2, 0) is 4.74 Å². The Morgan fingerprint density at radius 2 is 2.32 bits per heavy atom. The number of hydrogen-bond donors (Lipinski definition) is 1. The highest BCUT2D eigenvalue weighted by Gasteiger charge is 2.27. The van der Waals surface area contributed by atoms with Crippen LogP contribution >= 0.6 is 0 Å². The summed E-state index contributed by atoms with van der Waals surface area (Å²) in [5, 5.41) is 10.7. The van der Waals surface area contributed by atoms with Gasteiger partial charge in [-0.2, -0.15) is 0 Å². The third kappa shape index (κ3) is 2.65. The number of nitrogens with two attached hydrogens (primary N) is 1. The van der Waals surface area contributed by atoms with E-state index in [-0.39, 0.29) is 23.4 Å². The summed E-state index contributed by atoms with van der Waals surface area (Å²) in [6.45, 7) is 1.15. The third-order valence-corrected chi connectivity index (χ3v) is 3.24. The maximum atomic E-state index is 12.2. The fraction of sp³-hybridized carbons (Fsp3) is 0.417. The van der Waals surface area contributed by atoms with Crippen LogP contribution in [0, 0.1) is 10.1 Å². The number of methoxy groups -OCH3 is 1. The van der Waals surface area contributed by atoms with Crippen molar-refractivity contribution in [2.24, 2.45) is 0 Å². The lowest BCUT2D eigenvalue weighted by Gasteiger charge is -2.16. The summed E-state index contributed by atoms with van der Waals surface area (Å²) in [7, 11) is 1.61. The molecule has 1 aliphatic heterocycles. The van der Waals surface area contributed by atoms with Gasteiger partial charge < -0.3 is 15.4 Å². The zero-order valence-electron chi connectivity index (χ0n) is 10.5. The van der Waals surface area contributed by atoms with Crippen LogP contribution in [0.4, 0.5) is 11.4 Å². The quantitative estimate of drug-likeness (QED) is 0.500. The molecule has 0 aromatic heterocycles. The summed E-state index contributed by atoms with van der Waals surface area (Å²) >= 11 is 0. The smallest absolute Gasteiger partial charge is 0.292 e. The number of carbonyl (C=O) groups excluding carboxylic acids is 1. The van der Waals surface area contributed by atoms with E-state index < -0.39 is 4.92 Å². The molecule has 1 atom stereocenters. The fourth-order valence-corrected chi connectivity index (χ4v) is 2.14. The maximum absolute atomic E-state index is 12.2. The number of rotatable bonds is 3. The fourth-order valence-electron chi connectivity index (χ4n) is 2.14. The number of ether oxygens (including phenoxy) is 1. The average molecular weight is 265 g/mol. The molecule has 2 N–H and O–H groups in total. The first-order valence-electron chi connectivity index (χ1n) is 5.89. The lowest BCUT2D eigenvalue weighted by Crippen LogP contribution is -2.30. The van der Waals surface area contributed by atoms with Crippen LogP contribution in [0.5, 0.6) is 0 Å². The summed E-state index contributed by atoms with van der Waals surface area (Å²) in [4.78, 5) is 23.9. The van der Waals surface area contributed by atoms with Gasteiger partial charge in [-0.3, -0.25) is 14.9 Å². The van der Waals surface area contributed by atoms with Crippen molar-refractivity contribution in [1.29, 1.82) is 0 Å². The second kappa shape index (κ2) is 5.23. The SMILES string of the molecule is COC1CCN(C(=O)c2ccc([N+](=O)[O-])c(N)c2)C1. The second-order valence-corrected chi connectivity index (χ2v) is 4.43. The zero-order chi connectivity index (χ0) is 14.0. The van der Waals surface area contributed by atoms with Gasteiger partial charge in [0.15, 0.2) is 0 Å². The van der Waals surface area contributed by atoms with Gasteiger partial charge in [0.1, 0.15) is 5.69 Å². The Morgan fingerprint density at radius 1 is 1.58 bits per heavy atom. The number of anilines is 1. The minimum atomic E-state index is -0.569. The highest BCUT2D eigenvalue weighted by molar-refractivity contribution is 5.96. The molecule has 1 heterocycles. The Kier molecular flexibility index (Phi) is 3.66. The van der Waals surface area contributed by atoms with Crippen LogP contribution in [0.3, 0.4) is 0 Å². The molecule has 102 valence electrons. The number of nitro groups is 1. The minimum absolute atomic E-state index is 0.00154. The molecule has 0 bridgehead atoms. The number of amides is 1. The monoisotopic (exact) mass is 265 g/mol. The molecule has 1 aromatic rings. The van der Waals surface area contributed by atoms with Gasteiger partial charge in [0.05, 0.1) is 11.0 Å². The van der Waals surface area contributed by atoms with E-state index in [1.165, 1.54) is 18.2 Å². The molecule has 2 rings (SSSR count). The van der Waals surface area contributed by atoms with Crippen LogP contribution in [0.2, 0.25) is 0 Å². The topological polar surface area (TPSA) is 98.7 Å². The third-order valence-electron chi connectivity index (χ3n) is 3.24. The Labute approximate surface area is 110 Å². The highest BCUT2D eigenvalue weighted by atomic mass is 16.6. The highest BCUT2D eigenvalue weighted by Crippen LogP contribution is 2.24. The molecule has 1 aliphatic rings. The largest absolute Gasteiger partial charge is 0.393 e. The number of nitro benzene ring substituents is 1. The summed E-state index contributed by atoms with van der Waals surface area (Å²) < 4.78 is 5.19. The standard InChI is InChI=1S/C12H15N3O4/c1-19-9-4-5-14(7-9)12(16)8-2-3-11(15(17)18)10(13)6-8/h2-3,6,9H,4-5,7,13H2,1H3. The van der Waals surface area contributed by atoms with Crippen LogP contribution in [0.15, 0.2) is 18.2 Å². The molecule has 0 spiro atoms. The molecule has 0 aliphatic carbocycles. The number of likely N-dealkylation sites (tertiary alicyclic amines) is 1. The van der Waals surface area contributed by atoms with Crippen LogP contribution in [0.25, 0.3) is 0 Å². The maximum Gasteiger partial charge on any atom is 0.292 e. The molecule has 7 nitrogen and oxygen atoms in total. The molecule has 19 heavy (non-hydrogen) atoms. The number of benzene rings is 1. The molecule has 1 fully saturated rings. The van der Waals surface area contributed by atoms with Gasteiger partial charge in [-0.15, -0.1) is 0 Å². The molecule has 1 amide bonds. The zero-order valence-corrected chi connectivity index (χ0v) is 10.5. The van der Waals surface area contributed by atoms with Crippen molar-refractivity contribution in [2.75, 3.05) is 25.9 Å². The van der Waals surface area contributed by atoms with E-state index in [9.17, 15) is 14.9 Å². The van der Waals surface area contributed by atoms with Crippen molar-refractivity contribution in [3.8, 4) is 0 Å². The Hall–Kier alpha value is -2.15. The first-order valence-corrected chi connectivity index (χ1v) is 5.89. The molecular formula is C12H15N3O4. The van der Waals surface area contributed by atoms with Crippen molar-refractivity contribution in [2.45, 2.75) is 12.5 Å². The molecular weight excluding hydrogens is 250 g/mol. The van der Waals surface area contributed by atoms with E-state index in [2.05, 4.69) is 0 Å². The van der Waals surface area contributed by atoms with Crippen LogP contribution in [0.1, 0.15) is 16.8 Å². The van der Waals surface area contributed by atoms with E-state index >= 15 is 0 Å². The van der Waals surface area contributed by atoms with E-state index in [0.717, 1.165) is 6.42 Å². The average Bonchev–Trinajstić information content (AvgIpc) is 2.86. The number of nitrogens with zero attached hydrogens (tertiary/aromatic N) is 2. The number of nitrogen functional groups attached to an aromatic ring is 1. The van der Waals surface area contributed by atoms with Gasteiger partial charge >= 0.3 is 0 Å². The van der Waals surface area contributed by atoms with Crippen molar-refractivity contribution in [1.82, 2.24) is 4.90 Å². The normalized spacial score (nSPS) is 18.6. The summed E-state index contributed by atoms with van der Waals surface area (Å²) in [5.41, 5.74) is 5.75.